The van der Waals surface area contributed by atoms with E-state index >= 15 is 0 Å². The van der Waals surface area contributed by atoms with Crippen molar-refractivity contribution in [3.63, 3.8) is 0 Å². The van der Waals surface area contributed by atoms with Gasteiger partial charge in [-0.15, -0.1) is 0 Å². The van der Waals surface area contributed by atoms with Crippen molar-refractivity contribution >= 4 is 22.7 Å². The largest absolute Gasteiger partial charge is 0.494 e. The molecule has 3 heterocycles. The maximum atomic E-state index is 13.6. The van der Waals surface area contributed by atoms with Gasteiger partial charge in [-0.3, -0.25) is 14.5 Å². The molecule has 0 fully saturated rings. The van der Waals surface area contributed by atoms with Gasteiger partial charge in [0.05, 0.1) is 23.6 Å². The molecule has 5 rings (SSSR count). The van der Waals surface area contributed by atoms with Gasteiger partial charge in [-0.1, -0.05) is 37.6 Å². The number of amides is 1. The zero-order valence-corrected chi connectivity index (χ0v) is 18.6. The first kappa shape index (κ1) is 20.9. The number of ether oxygens (including phenoxy) is 1. The van der Waals surface area contributed by atoms with Crippen LogP contribution in [-0.4, -0.2) is 17.5 Å². The van der Waals surface area contributed by atoms with E-state index in [1.54, 1.807) is 35.4 Å². The average molecular weight is 440 g/mol. The molecule has 0 saturated carbocycles. The fourth-order valence-electron chi connectivity index (χ4n) is 4.20. The number of nitrogens with zero attached hydrogens (tertiary/aromatic N) is 2. The summed E-state index contributed by atoms with van der Waals surface area (Å²) in [6, 6.07) is 17.6. The molecule has 166 valence electrons. The van der Waals surface area contributed by atoms with Crippen molar-refractivity contribution in [3.8, 4) is 5.75 Å². The molecule has 0 N–H and O–H groups in total. The third kappa shape index (κ3) is 3.67. The van der Waals surface area contributed by atoms with Gasteiger partial charge in [-0.05, 0) is 60.9 Å². The molecule has 1 aliphatic rings. The highest BCUT2D eigenvalue weighted by atomic mass is 16.5. The Hall–Kier alpha value is -3.93. The predicted molar refractivity (Wildman–Crippen MR) is 127 cm³/mol. The summed E-state index contributed by atoms with van der Waals surface area (Å²) in [5.41, 5.74) is 2.28. The van der Waals surface area contributed by atoms with E-state index in [1.807, 2.05) is 43.3 Å². The molecule has 6 heteroatoms. The maximum absolute atomic E-state index is 13.6. The zero-order valence-electron chi connectivity index (χ0n) is 18.6. The highest BCUT2D eigenvalue weighted by molar-refractivity contribution is 6.10. The Morgan fingerprint density at radius 2 is 1.85 bits per heavy atom. The zero-order chi connectivity index (χ0) is 22.9. The maximum Gasteiger partial charge on any atom is 0.296 e. The minimum atomic E-state index is -0.646. The first-order chi connectivity index (χ1) is 16.1. The average Bonchev–Trinajstić information content (AvgIpc) is 3.12. The van der Waals surface area contributed by atoms with Gasteiger partial charge in [-0.25, -0.2) is 4.98 Å². The van der Waals surface area contributed by atoms with E-state index in [0.717, 1.165) is 29.7 Å². The summed E-state index contributed by atoms with van der Waals surface area (Å²) in [6.45, 7) is 4.70. The van der Waals surface area contributed by atoms with Crippen LogP contribution in [0.4, 0.5) is 5.82 Å². The van der Waals surface area contributed by atoms with Crippen LogP contribution in [0.5, 0.6) is 5.75 Å². The highest BCUT2D eigenvalue weighted by Crippen LogP contribution is 2.41. The van der Waals surface area contributed by atoms with Crippen LogP contribution in [0.1, 0.15) is 53.1 Å². The number of fused-ring (bicyclic) bond motifs is 2. The van der Waals surface area contributed by atoms with Gasteiger partial charge in [0.25, 0.3) is 5.91 Å². The van der Waals surface area contributed by atoms with E-state index in [1.165, 1.54) is 0 Å². The van der Waals surface area contributed by atoms with Crippen molar-refractivity contribution in [2.75, 3.05) is 11.5 Å². The standard InChI is InChI=1S/C27H24N2O4/c1-3-4-15-32-19-11-9-18(10-12-19)24-23-25(30)20-7-5-6-8-21(20)33-26(23)27(31)29(24)22-16-17(2)13-14-28-22/h5-14,16,24H,3-4,15H2,1-2H3/t24-/m0/s1. The minimum absolute atomic E-state index is 0.0651. The molecular weight excluding hydrogens is 416 g/mol. The van der Waals surface area contributed by atoms with Crippen molar-refractivity contribution < 1.29 is 13.9 Å². The lowest BCUT2D eigenvalue weighted by atomic mass is 9.98. The molecule has 33 heavy (non-hydrogen) atoms. The number of hydrogen-bond donors (Lipinski definition) is 0. The number of anilines is 1. The molecule has 2 aromatic carbocycles. The van der Waals surface area contributed by atoms with Crippen LogP contribution >= 0.6 is 0 Å². The number of carbonyl (C=O) groups is 1. The van der Waals surface area contributed by atoms with Crippen molar-refractivity contribution in [2.45, 2.75) is 32.7 Å². The molecule has 4 aromatic rings. The van der Waals surface area contributed by atoms with Gasteiger partial charge < -0.3 is 9.15 Å². The fourth-order valence-corrected chi connectivity index (χ4v) is 4.20. The Kier molecular flexibility index (Phi) is 5.42. The monoisotopic (exact) mass is 440 g/mol. The lowest BCUT2D eigenvalue weighted by molar-refractivity contribution is 0.0970. The van der Waals surface area contributed by atoms with Crippen molar-refractivity contribution in [1.82, 2.24) is 4.98 Å². The topological polar surface area (TPSA) is 72.6 Å². The summed E-state index contributed by atoms with van der Waals surface area (Å²) in [7, 11) is 0. The van der Waals surface area contributed by atoms with Crippen molar-refractivity contribution in [1.29, 1.82) is 0 Å². The van der Waals surface area contributed by atoms with Crippen molar-refractivity contribution in [2.24, 2.45) is 0 Å². The van der Waals surface area contributed by atoms with E-state index in [2.05, 4.69) is 11.9 Å². The molecular formula is C27H24N2O4. The molecule has 0 aliphatic carbocycles. The van der Waals surface area contributed by atoms with Crippen LogP contribution in [0.25, 0.3) is 11.0 Å². The predicted octanol–water partition coefficient (Wildman–Crippen LogP) is 5.43. The lowest BCUT2D eigenvalue weighted by Gasteiger charge is -2.24. The van der Waals surface area contributed by atoms with Gasteiger partial charge in [-0.2, -0.15) is 0 Å². The summed E-state index contributed by atoms with van der Waals surface area (Å²) in [6.07, 6.45) is 3.70. The first-order valence-corrected chi connectivity index (χ1v) is 11.1. The SMILES string of the molecule is CCCCOc1ccc([C@H]2c3c(oc4ccccc4c3=O)C(=O)N2c2cc(C)ccn2)cc1. The molecule has 1 amide bonds. The lowest BCUT2D eigenvalue weighted by Crippen LogP contribution is -2.30. The van der Waals surface area contributed by atoms with Gasteiger partial charge in [0, 0.05) is 6.20 Å². The molecule has 1 aliphatic heterocycles. The van der Waals surface area contributed by atoms with Gasteiger partial charge in [0.15, 0.2) is 5.43 Å². The third-order valence-corrected chi connectivity index (χ3v) is 5.89. The number of para-hydroxylation sites is 1. The summed E-state index contributed by atoms with van der Waals surface area (Å²) in [4.78, 5) is 33.1. The Morgan fingerprint density at radius 1 is 1.06 bits per heavy atom. The summed E-state index contributed by atoms with van der Waals surface area (Å²) < 4.78 is 11.8. The van der Waals surface area contributed by atoms with Crippen LogP contribution in [0.15, 0.2) is 76.1 Å². The molecule has 0 bridgehead atoms. The van der Waals surface area contributed by atoms with Crippen LogP contribution in [0.2, 0.25) is 0 Å². The quantitative estimate of drug-likeness (QED) is 0.374. The third-order valence-electron chi connectivity index (χ3n) is 5.89. The van der Waals surface area contributed by atoms with E-state index < -0.39 is 6.04 Å². The van der Waals surface area contributed by atoms with Crippen LogP contribution in [0.3, 0.4) is 0 Å². The number of rotatable bonds is 6. The number of aromatic nitrogens is 1. The van der Waals surface area contributed by atoms with E-state index in [-0.39, 0.29) is 17.1 Å². The Bertz CT molecular complexity index is 1390. The number of hydrogen-bond acceptors (Lipinski definition) is 5. The second-order valence-corrected chi connectivity index (χ2v) is 8.21. The number of aryl methyl sites for hydroxylation is 1. The Balaban J connectivity index is 1.67. The second-order valence-electron chi connectivity index (χ2n) is 8.21. The van der Waals surface area contributed by atoms with Crippen LogP contribution in [0, 0.1) is 6.92 Å². The number of pyridine rings is 1. The van der Waals surface area contributed by atoms with Gasteiger partial charge in [0.1, 0.15) is 17.2 Å². The molecule has 1 atom stereocenters. The summed E-state index contributed by atoms with van der Waals surface area (Å²) in [5.74, 6) is 0.917. The number of unbranched alkanes of at least 4 members (excludes halogenated alkanes) is 1. The van der Waals surface area contributed by atoms with E-state index in [9.17, 15) is 9.59 Å². The van der Waals surface area contributed by atoms with Gasteiger partial charge >= 0.3 is 0 Å². The number of benzene rings is 2. The molecule has 6 nitrogen and oxygen atoms in total. The molecule has 0 unspecified atom stereocenters. The number of carbonyl (C=O) groups excluding carboxylic acids is 1. The normalized spacial score (nSPS) is 15.2. The fraction of sp³-hybridized carbons (Fsp3) is 0.222. The first-order valence-electron chi connectivity index (χ1n) is 11.1. The van der Waals surface area contributed by atoms with Crippen LogP contribution < -0.4 is 15.1 Å². The smallest absolute Gasteiger partial charge is 0.296 e. The second kappa shape index (κ2) is 8.54. The molecule has 2 aromatic heterocycles. The highest BCUT2D eigenvalue weighted by Gasteiger charge is 2.44. The van der Waals surface area contributed by atoms with Gasteiger partial charge in [0.2, 0.25) is 5.76 Å². The molecule has 0 saturated heterocycles. The Morgan fingerprint density at radius 3 is 2.61 bits per heavy atom. The van der Waals surface area contributed by atoms with Crippen LogP contribution in [-0.2, 0) is 0 Å². The summed E-state index contributed by atoms with van der Waals surface area (Å²) >= 11 is 0. The van der Waals surface area contributed by atoms with E-state index in [0.29, 0.717) is 29.0 Å². The summed E-state index contributed by atoms with van der Waals surface area (Å²) in [5, 5.41) is 0.452. The van der Waals surface area contributed by atoms with E-state index in [4.69, 9.17) is 9.15 Å². The van der Waals surface area contributed by atoms with Crippen molar-refractivity contribution in [3.05, 3.63) is 99.5 Å². The Labute approximate surface area is 191 Å². The molecule has 0 radical (unpaired) electrons. The molecule has 0 spiro atoms. The minimum Gasteiger partial charge on any atom is -0.494 e.